The van der Waals surface area contributed by atoms with Crippen molar-refractivity contribution in [1.29, 1.82) is 0 Å². The number of nitrogens with one attached hydrogen (secondary N) is 2. The van der Waals surface area contributed by atoms with Crippen LogP contribution in [0.3, 0.4) is 0 Å². The predicted octanol–water partition coefficient (Wildman–Crippen LogP) is 3.12. The molecule has 2 aromatic rings. The Morgan fingerprint density at radius 3 is 2.68 bits per heavy atom. The number of hydrogen-bond donors (Lipinski definition) is 3. The van der Waals surface area contributed by atoms with Crippen LogP contribution in [0.1, 0.15) is 17.5 Å². The number of carbonyl (C=O) groups is 1. The lowest BCUT2D eigenvalue weighted by Gasteiger charge is -2.08. The van der Waals surface area contributed by atoms with Crippen molar-refractivity contribution in [3.8, 4) is 0 Å². The molecule has 0 aromatic heterocycles. The highest BCUT2D eigenvalue weighted by Gasteiger charge is 2.05. The molecule has 4 N–H and O–H groups in total. The number of anilines is 1. The van der Waals surface area contributed by atoms with Crippen LogP contribution in [-0.4, -0.2) is 25.0 Å². The lowest BCUT2D eigenvalue weighted by Crippen LogP contribution is -2.33. The smallest absolute Gasteiger partial charge is 0.226 e. The molecule has 5 nitrogen and oxygen atoms in total. The van der Waals surface area contributed by atoms with E-state index in [0.717, 1.165) is 12.0 Å². The van der Waals surface area contributed by atoms with E-state index < -0.39 is 0 Å². The number of nitrogens with zero attached hydrogens (tertiary/aromatic N) is 1. The maximum absolute atomic E-state index is 11.9. The number of hydrogen-bond acceptors (Lipinski definition) is 2. The number of aliphatic imine (C=N–C) groups is 1. The van der Waals surface area contributed by atoms with Gasteiger partial charge in [-0.15, -0.1) is 0 Å². The van der Waals surface area contributed by atoms with E-state index in [2.05, 4.69) is 27.8 Å². The number of amides is 1. The molecule has 0 aliphatic rings. The summed E-state index contributed by atoms with van der Waals surface area (Å²) in [6.45, 7) is 2.96. The SMILES string of the molecule is Cc1ccc(NC(=O)CCN=C(N)NCCc2ccccc2)c(Cl)c1. The number of guanidine groups is 1. The molecule has 1 amide bonds. The van der Waals surface area contributed by atoms with Crippen LogP contribution in [0.25, 0.3) is 0 Å². The van der Waals surface area contributed by atoms with Crippen LogP contribution < -0.4 is 16.4 Å². The Kier molecular flexibility index (Phi) is 7.29. The van der Waals surface area contributed by atoms with Gasteiger partial charge in [-0.2, -0.15) is 0 Å². The van der Waals surface area contributed by atoms with E-state index in [0.29, 0.717) is 29.8 Å². The molecular formula is C19H23ClN4O. The molecule has 0 unspecified atom stereocenters. The summed E-state index contributed by atoms with van der Waals surface area (Å²) in [5.74, 6) is 0.198. The van der Waals surface area contributed by atoms with Crippen LogP contribution in [-0.2, 0) is 11.2 Å². The summed E-state index contributed by atoms with van der Waals surface area (Å²) in [6.07, 6.45) is 1.11. The third-order valence-electron chi connectivity index (χ3n) is 3.58. The first kappa shape index (κ1) is 18.8. The molecule has 0 saturated carbocycles. The Hall–Kier alpha value is -2.53. The van der Waals surface area contributed by atoms with Crippen molar-refractivity contribution in [2.75, 3.05) is 18.4 Å². The topological polar surface area (TPSA) is 79.5 Å². The first-order chi connectivity index (χ1) is 12.0. The summed E-state index contributed by atoms with van der Waals surface area (Å²) in [5.41, 5.74) is 8.69. The molecule has 2 aromatic carbocycles. The second-order valence-electron chi connectivity index (χ2n) is 5.71. The molecular weight excluding hydrogens is 336 g/mol. The van der Waals surface area contributed by atoms with E-state index >= 15 is 0 Å². The van der Waals surface area contributed by atoms with Crippen LogP contribution in [0.5, 0.6) is 0 Å². The predicted molar refractivity (Wildman–Crippen MR) is 104 cm³/mol. The summed E-state index contributed by atoms with van der Waals surface area (Å²) < 4.78 is 0. The molecule has 0 radical (unpaired) electrons. The summed E-state index contributed by atoms with van der Waals surface area (Å²) in [4.78, 5) is 16.1. The van der Waals surface area contributed by atoms with Gasteiger partial charge in [0.2, 0.25) is 5.91 Å². The van der Waals surface area contributed by atoms with Gasteiger partial charge in [0.05, 0.1) is 17.3 Å². The second kappa shape index (κ2) is 9.69. The van der Waals surface area contributed by atoms with E-state index in [-0.39, 0.29) is 12.3 Å². The van der Waals surface area contributed by atoms with E-state index in [1.165, 1.54) is 5.56 Å². The molecule has 0 spiro atoms. The molecule has 0 atom stereocenters. The third kappa shape index (κ3) is 6.85. The fourth-order valence-corrected chi connectivity index (χ4v) is 2.53. The maximum atomic E-state index is 11.9. The largest absolute Gasteiger partial charge is 0.370 e. The highest BCUT2D eigenvalue weighted by atomic mass is 35.5. The number of carbonyl (C=O) groups excluding carboxylic acids is 1. The number of benzene rings is 2. The highest BCUT2D eigenvalue weighted by Crippen LogP contribution is 2.22. The molecule has 0 heterocycles. The third-order valence-corrected chi connectivity index (χ3v) is 3.90. The Morgan fingerprint density at radius 2 is 1.96 bits per heavy atom. The first-order valence-electron chi connectivity index (χ1n) is 8.18. The Balaban J connectivity index is 1.69. The van der Waals surface area contributed by atoms with Gasteiger partial charge in [-0.25, -0.2) is 0 Å². The molecule has 0 aliphatic carbocycles. The summed E-state index contributed by atoms with van der Waals surface area (Å²) in [5, 5.41) is 6.35. The van der Waals surface area contributed by atoms with Crippen LogP contribution in [0, 0.1) is 6.92 Å². The lowest BCUT2D eigenvalue weighted by molar-refractivity contribution is -0.116. The average molecular weight is 359 g/mol. The van der Waals surface area contributed by atoms with Crippen molar-refractivity contribution in [1.82, 2.24) is 5.32 Å². The average Bonchev–Trinajstić information content (AvgIpc) is 2.58. The van der Waals surface area contributed by atoms with Crippen molar-refractivity contribution >= 4 is 29.2 Å². The Morgan fingerprint density at radius 1 is 1.20 bits per heavy atom. The zero-order chi connectivity index (χ0) is 18.1. The molecule has 2 rings (SSSR count). The molecule has 0 saturated heterocycles. The van der Waals surface area contributed by atoms with Gasteiger partial charge in [0.1, 0.15) is 0 Å². The van der Waals surface area contributed by atoms with Crippen molar-refractivity contribution in [3.05, 3.63) is 64.7 Å². The van der Waals surface area contributed by atoms with Gasteiger partial charge in [0.25, 0.3) is 0 Å². The Bertz CT molecular complexity index is 731. The van der Waals surface area contributed by atoms with Crippen LogP contribution in [0.15, 0.2) is 53.5 Å². The van der Waals surface area contributed by atoms with Gasteiger partial charge in [-0.05, 0) is 36.6 Å². The molecule has 132 valence electrons. The van der Waals surface area contributed by atoms with Gasteiger partial charge < -0.3 is 16.4 Å². The monoisotopic (exact) mass is 358 g/mol. The van der Waals surface area contributed by atoms with Gasteiger partial charge in [-0.3, -0.25) is 9.79 Å². The summed E-state index contributed by atoms with van der Waals surface area (Å²) in [6, 6.07) is 15.6. The van der Waals surface area contributed by atoms with E-state index in [9.17, 15) is 4.79 Å². The number of aryl methyl sites for hydroxylation is 1. The molecule has 0 fully saturated rings. The normalized spacial score (nSPS) is 11.2. The lowest BCUT2D eigenvalue weighted by atomic mass is 10.1. The van der Waals surface area contributed by atoms with Gasteiger partial charge in [-0.1, -0.05) is 48.0 Å². The van der Waals surface area contributed by atoms with Crippen molar-refractivity contribution in [2.24, 2.45) is 10.7 Å². The first-order valence-corrected chi connectivity index (χ1v) is 8.56. The van der Waals surface area contributed by atoms with E-state index in [4.69, 9.17) is 17.3 Å². The van der Waals surface area contributed by atoms with Crippen molar-refractivity contribution in [2.45, 2.75) is 19.8 Å². The fraction of sp³-hybridized carbons (Fsp3) is 0.263. The number of halogens is 1. The molecule has 0 aliphatic heterocycles. The minimum absolute atomic E-state index is 0.147. The Labute approximate surface area is 153 Å². The van der Waals surface area contributed by atoms with Crippen molar-refractivity contribution in [3.63, 3.8) is 0 Å². The molecule has 25 heavy (non-hydrogen) atoms. The van der Waals surface area contributed by atoms with Gasteiger partial charge in [0, 0.05) is 13.0 Å². The van der Waals surface area contributed by atoms with Crippen LogP contribution >= 0.6 is 11.6 Å². The minimum atomic E-state index is -0.147. The van der Waals surface area contributed by atoms with Crippen LogP contribution in [0.2, 0.25) is 5.02 Å². The van der Waals surface area contributed by atoms with Crippen LogP contribution in [0.4, 0.5) is 5.69 Å². The zero-order valence-electron chi connectivity index (χ0n) is 14.3. The van der Waals surface area contributed by atoms with Gasteiger partial charge in [0.15, 0.2) is 5.96 Å². The quantitative estimate of drug-likeness (QED) is 0.525. The second-order valence-corrected chi connectivity index (χ2v) is 6.12. The fourth-order valence-electron chi connectivity index (χ4n) is 2.25. The minimum Gasteiger partial charge on any atom is -0.370 e. The van der Waals surface area contributed by atoms with Gasteiger partial charge >= 0.3 is 0 Å². The van der Waals surface area contributed by atoms with E-state index in [1.807, 2.05) is 37.3 Å². The number of rotatable bonds is 7. The van der Waals surface area contributed by atoms with E-state index in [1.54, 1.807) is 6.07 Å². The summed E-state index contributed by atoms with van der Waals surface area (Å²) >= 11 is 6.09. The maximum Gasteiger partial charge on any atom is 0.226 e. The summed E-state index contributed by atoms with van der Waals surface area (Å²) in [7, 11) is 0. The highest BCUT2D eigenvalue weighted by molar-refractivity contribution is 6.33. The molecule has 6 heteroatoms. The zero-order valence-corrected chi connectivity index (χ0v) is 15.0. The van der Waals surface area contributed by atoms with Crippen molar-refractivity contribution < 1.29 is 4.79 Å². The standard InChI is InChI=1S/C19H23ClN4O/c1-14-7-8-17(16(20)13-14)24-18(25)10-12-23-19(21)22-11-9-15-5-3-2-4-6-15/h2-8,13H,9-12H2,1H3,(H,24,25)(H3,21,22,23). The molecule has 0 bridgehead atoms. The number of nitrogens with two attached hydrogens (primary N) is 1.